The molecule has 0 fully saturated rings. The molecule has 0 aliphatic heterocycles. The summed E-state index contributed by atoms with van der Waals surface area (Å²) in [5.41, 5.74) is 6.13. The second kappa shape index (κ2) is 9.39. The predicted octanol–water partition coefficient (Wildman–Crippen LogP) is 2.26. The van der Waals surface area contributed by atoms with Crippen molar-refractivity contribution in [2.45, 2.75) is 32.9 Å². The van der Waals surface area contributed by atoms with Crippen molar-refractivity contribution in [3.05, 3.63) is 41.5 Å². The topological polar surface area (TPSA) is 102 Å². The molecule has 7 heteroatoms. The van der Waals surface area contributed by atoms with Gasteiger partial charge in [0.15, 0.2) is 0 Å². The first-order valence-corrected chi connectivity index (χ1v) is 7.79. The second-order valence-corrected chi connectivity index (χ2v) is 6.35. The van der Waals surface area contributed by atoms with Crippen molar-refractivity contribution in [3.63, 3.8) is 0 Å². The summed E-state index contributed by atoms with van der Waals surface area (Å²) < 4.78 is 5.38. The standard InChI is InChI=1S/C18H23N3O4/c1-18(2,3)25-17(24)21(11-10-20-13-22)12-15-6-4-14(5-7-15)8-9-16(19)23/h4-9H,10-12H2,1-3H3,(H2,19,23)/b9-8+. The fraction of sp³-hybridized carbons (Fsp3) is 0.389. The van der Waals surface area contributed by atoms with Crippen LogP contribution in [0.15, 0.2) is 35.3 Å². The molecule has 0 saturated carbocycles. The minimum absolute atomic E-state index is 0.155. The van der Waals surface area contributed by atoms with E-state index in [1.807, 2.05) is 24.3 Å². The maximum Gasteiger partial charge on any atom is 0.410 e. The highest BCUT2D eigenvalue weighted by Crippen LogP contribution is 2.14. The first-order chi connectivity index (χ1) is 11.7. The fourth-order valence-electron chi connectivity index (χ4n) is 1.91. The second-order valence-electron chi connectivity index (χ2n) is 6.35. The molecule has 0 radical (unpaired) electrons. The summed E-state index contributed by atoms with van der Waals surface area (Å²) >= 11 is 0. The first kappa shape index (κ1) is 20.1. The molecule has 0 unspecified atom stereocenters. The molecule has 1 aromatic carbocycles. The Morgan fingerprint density at radius 3 is 2.44 bits per heavy atom. The molecule has 0 atom stereocenters. The van der Waals surface area contributed by atoms with Crippen LogP contribution in [0.2, 0.25) is 0 Å². The Bertz CT molecular complexity index is 669. The number of carbonyl (C=O) groups excluding carboxylic acids is 3. The molecule has 0 saturated heterocycles. The molecule has 0 aliphatic carbocycles. The number of isocyanates is 1. The van der Waals surface area contributed by atoms with Gasteiger partial charge in [0.1, 0.15) is 5.60 Å². The number of hydrogen-bond acceptors (Lipinski definition) is 5. The lowest BCUT2D eigenvalue weighted by Crippen LogP contribution is -2.37. The van der Waals surface area contributed by atoms with Gasteiger partial charge in [-0.05, 0) is 38.0 Å². The lowest BCUT2D eigenvalue weighted by Gasteiger charge is -2.27. The molecule has 0 heterocycles. The number of carbonyl (C=O) groups is 2. The summed E-state index contributed by atoms with van der Waals surface area (Å²) in [6, 6.07) is 7.29. The Hall–Kier alpha value is -2.92. The highest BCUT2D eigenvalue weighted by atomic mass is 16.6. The van der Waals surface area contributed by atoms with Gasteiger partial charge in [0.2, 0.25) is 12.0 Å². The zero-order valence-corrected chi connectivity index (χ0v) is 14.7. The van der Waals surface area contributed by atoms with Gasteiger partial charge in [0, 0.05) is 19.2 Å². The fourth-order valence-corrected chi connectivity index (χ4v) is 1.91. The van der Waals surface area contributed by atoms with Gasteiger partial charge in [-0.25, -0.2) is 14.6 Å². The van der Waals surface area contributed by atoms with Crippen LogP contribution in [0.5, 0.6) is 0 Å². The maximum atomic E-state index is 12.3. The minimum Gasteiger partial charge on any atom is -0.444 e. The molecule has 0 aliphatic rings. The van der Waals surface area contributed by atoms with Crippen molar-refractivity contribution >= 4 is 24.2 Å². The molecule has 2 amide bonds. The van der Waals surface area contributed by atoms with Crippen LogP contribution in [-0.4, -0.2) is 41.7 Å². The van der Waals surface area contributed by atoms with Crippen molar-refractivity contribution in [1.29, 1.82) is 0 Å². The summed E-state index contributed by atoms with van der Waals surface area (Å²) in [5.74, 6) is -0.518. The quantitative estimate of drug-likeness (QED) is 0.465. The molecule has 134 valence electrons. The van der Waals surface area contributed by atoms with Crippen LogP contribution < -0.4 is 5.73 Å². The van der Waals surface area contributed by atoms with Crippen LogP contribution in [0.4, 0.5) is 4.79 Å². The predicted molar refractivity (Wildman–Crippen MR) is 94.3 cm³/mol. The van der Waals surface area contributed by atoms with Crippen molar-refractivity contribution in [2.75, 3.05) is 13.1 Å². The lowest BCUT2D eigenvalue weighted by molar-refractivity contribution is -0.113. The van der Waals surface area contributed by atoms with E-state index in [1.165, 1.54) is 17.1 Å². The summed E-state index contributed by atoms with van der Waals surface area (Å²) in [4.78, 5) is 38.2. The maximum absolute atomic E-state index is 12.3. The van der Waals surface area contributed by atoms with E-state index < -0.39 is 17.6 Å². The number of benzene rings is 1. The van der Waals surface area contributed by atoms with Gasteiger partial charge >= 0.3 is 6.09 Å². The van der Waals surface area contributed by atoms with E-state index in [0.29, 0.717) is 6.54 Å². The van der Waals surface area contributed by atoms with E-state index >= 15 is 0 Å². The van der Waals surface area contributed by atoms with Crippen LogP contribution in [0.1, 0.15) is 31.9 Å². The monoisotopic (exact) mass is 345 g/mol. The number of amides is 2. The van der Waals surface area contributed by atoms with Crippen molar-refractivity contribution in [3.8, 4) is 0 Å². The Morgan fingerprint density at radius 2 is 1.92 bits per heavy atom. The normalized spacial score (nSPS) is 11.0. The van der Waals surface area contributed by atoms with E-state index in [1.54, 1.807) is 26.8 Å². The van der Waals surface area contributed by atoms with Gasteiger partial charge < -0.3 is 15.4 Å². The van der Waals surface area contributed by atoms with E-state index in [4.69, 9.17) is 10.5 Å². The van der Waals surface area contributed by atoms with Gasteiger partial charge in [-0.15, -0.1) is 0 Å². The zero-order chi connectivity index (χ0) is 18.9. The Morgan fingerprint density at radius 1 is 1.28 bits per heavy atom. The molecule has 1 aromatic rings. The number of rotatable bonds is 7. The lowest BCUT2D eigenvalue weighted by atomic mass is 10.1. The largest absolute Gasteiger partial charge is 0.444 e. The van der Waals surface area contributed by atoms with Crippen molar-refractivity contribution < 1.29 is 19.1 Å². The highest BCUT2D eigenvalue weighted by Gasteiger charge is 2.22. The summed E-state index contributed by atoms with van der Waals surface area (Å²) in [5, 5.41) is 0. The van der Waals surface area contributed by atoms with Crippen LogP contribution >= 0.6 is 0 Å². The average Bonchev–Trinajstić information content (AvgIpc) is 2.51. The zero-order valence-electron chi connectivity index (χ0n) is 14.7. The highest BCUT2D eigenvalue weighted by molar-refractivity contribution is 5.90. The number of ether oxygens (including phenoxy) is 1. The van der Waals surface area contributed by atoms with Crippen LogP contribution in [0.3, 0.4) is 0 Å². The van der Waals surface area contributed by atoms with E-state index in [-0.39, 0.29) is 13.1 Å². The minimum atomic E-state index is -0.618. The summed E-state index contributed by atoms with van der Waals surface area (Å²) in [6.45, 7) is 6.06. The first-order valence-electron chi connectivity index (χ1n) is 7.79. The average molecular weight is 345 g/mol. The Kier molecular flexibility index (Phi) is 7.56. The third-order valence-corrected chi connectivity index (χ3v) is 2.99. The molecular formula is C18H23N3O4. The molecule has 0 spiro atoms. The molecular weight excluding hydrogens is 322 g/mol. The summed E-state index contributed by atoms with van der Waals surface area (Å²) in [7, 11) is 0. The third-order valence-electron chi connectivity index (χ3n) is 2.99. The Balaban J connectivity index is 2.83. The number of hydrogen-bond donors (Lipinski definition) is 1. The summed E-state index contributed by atoms with van der Waals surface area (Å²) in [6.07, 6.45) is 3.86. The van der Waals surface area contributed by atoms with Gasteiger partial charge in [-0.3, -0.25) is 4.79 Å². The van der Waals surface area contributed by atoms with Gasteiger partial charge in [-0.1, -0.05) is 24.3 Å². The van der Waals surface area contributed by atoms with E-state index in [0.717, 1.165) is 11.1 Å². The Labute approximate surface area is 147 Å². The van der Waals surface area contributed by atoms with Crippen LogP contribution in [0, 0.1) is 0 Å². The van der Waals surface area contributed by atoms with Crippen molar-refractivity contribution in [1.82, 2.24) is 4.90 Å². The number of aliphatic imine (C=N–C) groups is 1. The molecule has 2 N–H and O–H groups in total. The van der Waals surface area contributed by atoms with Crippen LogP contribution in [-0.2, 0) is 20.9 Å². The molecule has 0 bridgehead atoms. The molecule has 25 heavy (non-hydrogen) atoms. The van der Waals surface area contributed by atoms with Crippen molar-refractivity contribution in [2.24, 2.45) is 10.7 Å². The smallest absolute Gasteiger partial charge is 0.410 e. The van der Waals surface area contributed by atoms with E-state index in [9.17, 15) is 14.4 Å². The molecule has 0 aromatic heterocycles. The molecule has 1 rings (SSSR count). The number of nitrogens with zero attached hydrogens (tertiary/aromatic N) is 2. The number of nitrogens with two attached hydrogens (primary N) is 1. The van der Waals surface area contributed by atoms with Gasteiger partial charge in [-0.2, -0.15) is 0 Å². The van der Waals surface area contributed by atoms with Gasteiger partial charge in [0.25, 0.3) is 0 Å². The third kappa shape index (κ3) is 8.48. The van der Waals surface area contributed by atoms with Gasteiger partial charge in [0.05, 0.1) is 6.54 Å². The van der Waals surface area contributed by atoms with Crippen LogP contribution in [0.25, 0.3) is 6.08 Å². The molecule has 7 nitrogen and oxygen atoms in total. The SMILES string of the molecule is CC(C)(C)OC(=O)N(CCN=C=O)Cc1ccc(/C=C/C(N)=O)cc1. The van der Waals surface area contributed by atoms with E-state index in [2.05, 4.69) is 4.99 Å². The number of primary amides is 1.